The quantitative estimate of drug-likeness (QED) is 0.200. The Kier molecular flexibility index (Phi) is 26.9. The molecule has 0 saturated carbocycles. The maximum atomic E-state index is 11.8. The summed E-state index contributed by atoms with van der Waals surface area (Å²) in [5.74, 6) is -0.269. The van der Waals surface area contributed by atoms with Gasteiger partial charge in [-0.3, -0.25) is 4.98 Å². The van der Waals surface area contributed by atoms with Gasteiger partial charge in [0.2, 0.25) is 0 Å². The molecule has 3 aliphatic rings. The summed E-state index contributed by atoms with van der Waals surface area (Å²) in [6.45, 7) is 13.8. The van der Waals surface area contributed by atoms with Gasteiger partial charge in [0.15, 0.2) is 0 Å². The summed E-state index contributed by atoms with van der Waals surface area (Å²) in [5, 5.41) is 26.3. The molecule has 4 rings (SSSR count). The van der Waals surface area contributed by atoms with Crippen molar-refractivity contribution in [2.75, 3.05) is 26.4 Å². The number of aromatic nitrogens is 1. The van der Waals surface area contributed by atoms with E-state index >= 15 is 0 Å². The Labute approximate surface area is 265 Å². The standard InChI is InChI=1S/C13H17NO3.2C7H14O2.C4H8O.C3H6O/c1-2-11-9-12(5-8-16-11)17-13(15)10-3-6-14-7-4-10;2*1-2-7-5-6(8)3-4-9-7;1-2-3-4-5;1-2-3-4/h3-4,6-7,11-12H,2,5,8-9H2,1H3;2*6-8H,2-5H2,1H3;2,5H,1,3-4H2;3H,2H2,1H3/t11-,12+;6-,7+;6-,7-;;/m010../s1. The van der Waals surface area contributed by atoms with Crippen molar-refractivity contribution in [3.8, 4) is 0 Å². The molecule has 4 heterocycles. The van der Waals surface area contributed by atoms with Crippen molar-refractivity contribution >= 4 is 12.3 Å². The van der Waals surface area contributed by atoms with Crippen LogP contribution in [0.1, 0.15) is 109 Å². The van der Waals surface area contributed by atoms with Crippen LogP contribution < -0.4 is 0 Å². The number of hydrogen-bond donors (Lipinski definition) is 3. The first-order valence-electron chi connectivity index (χ1n) is 16.2. The number of aliphatic hydroxyl groups is 3. The zero-order valence-electron chi connectivity index (χ0n) is 27.5. The van der Waals surface area contributed by atoms with Gasteiger partial charge in [-0.05, 0) is 63.5 Å². The smallest absolute Gasteiger partial charge is 0.338 e. The first kappa shape index (κ1) is 41.8. The van der Waals surface area contributed by atoms with Crippen molar-refractivity contribution < 1.29 is 43.9 Å². The van der Waals surface area contributed by atoms with Crippen LogP contribution in [0.3, 0.4) is 0 Å². The van der Waals surface area contributed by atoms with Gasteiger partial charge in [-0.2, -0.15) is 0 Å². The molecule has 254 valence electrons. The normalized spacial score (nSPS) is 25.8. The van der Waals surface area contributed by atoms with Gasteiger partial charge >= 0.3 is 5.97 Å². The number of aldehydes is 1. The number of pyridine rings is 1. The monoisotopic (exact) mass is 625 g/mol. The van der Waals surface area contributed by atoms with E-state index in [0.717, 1.165) is 77.3 Å². The van der Waals surface area contributed by atoms with Gasteiger partial charge in [-0.25, -0.2) is 4.79 Å². The molecular formula is C34H59NO9. The second-order valence-electron chi connectivity index (χ2n) is 10.7. The van der Waals surface area contributed by atoms with Crippen molar-refractivity contribution in [2.45, 2.75) is 135 Å². The summed E-state index contributed by atoms with van der Waals surface area (Å²) in [6.07, 6.45) is 15.6. The highest BCUT2D eigenvalue weighted by atomic mass is 16.6. The second kappa shape index (κ2) is 28.3. The maximum Gasteiger partial charge on any atom is 0.338 e. The summed E-state index contributed by atoms with van der Waals surface area (Å²) < 4.78 is 21.7. The van der Waals surface area contributed by atoms with Gasteiger partial charge in [0.05, 0.1) is 42.7 Å². The Morgan fingerprint density at radius 3 is 1.68 bits per heavy atom. The van der Waals surface area contributed by atoms with Crippen molar-refractivity contribution in [3.05, 3.63) is 42.7 Å². The van der Waals surface area contributed by atoms with Crippen LogP contribution in [0.15, 0.2) is 37.2 Å². The molecule has 3 N–H and O–H groups in total. The fourth-order valence-electron chi connectivity index (χ4n) is 4.32. The number of carbonyl (C=O) groups is 2. The Morgan fingerprint density at radius 2 is 1.34 bits per heavy atom. The van der Waals surface area contributed by atoms with Crippen LogP contribution in [0.4, 0.5) is 0 Å². The van der Waals surface area contributed by atoms with Crippen LogP contribution >= 0.6 is 0 Å². The fourth-order valence-corrected chi connectivity index (χ4v) is 4.32. The van der Waals surface area contributed by atoms with Crippen LogP contribution in [0.25, 0.3) is 0 Å². The van der Waals surface area contributed by atoms with Gasteiger partial charge in [0.1, 0.15) is 12.4 Å². The van der Waals surface area contributed by atoms with E-state index in [9.17, 15) is 9.59 Å². The number of rotatable bonds is 8. The van der Waals surface area contributed by atoms with Gasteiger partial charge in [-0.1, -0.05) is 33.8 Å². The van der Waals surface area contributed by atoms with Crippen molar-refractivity contribution in [1.82, 2.24) is 4.98 Å². The number of aliphatic hydroxyl groups excluding tert-OH is 3. The molecule has 3 saturated heterocycles. The molecule has 44 heavy (non-hydrogen) atoms. The minimum atomic E-state index is -0.269. The molecule has 6 atom stereocenters. The third-order valence-corrected chi connectivity index (χ3v) is 7.05. The van der Waals surface area contributed by atoms with Gasteiger partial charge < -0.3 is 39.1 Å². The lowest BCUT2D eigenvalue weighted by Crippen LogP contribution is -2.32. The number of hydrogen-bond acceptors (Lipinski definition) is 10. The van der Waals surface area contributed by atoms with Crippen LogP contribution in [0.2, 0.25) is 0 Å². The lowest BCUT2D eigenvalue weighted by atomic mass is 10.0. The topological polar surface area (TPSA) is 145 Å². The molecule has 10 nitrogen and oxygen atoms in total. The molecule has 0 bridgehead atoms. The van der Waals surface area contributed by atoms with Crippen LogP contribution in [0.5, 0.6) is 0 Å². The van der Waals surface area contributed by atoms with E-state index < -0.39 is 0 Å². The average molecular weight is 626 g/mol. The lowest BCUT2D eigenvalue weighted by Gasteiger charge is -2.28. The van der Waals surface area contributed by atoms with E-state index in [2.05, 4.69) is 32.3 Å². The first-order chi connectivity index (χ1) is 21.3. The molecule has 0 spiro atoms. The van der Waals surface area contributed by atoms with Crippen molar-refractivity contribution in [3.63, 3.8) is 0 Å². The Bertz CT molecular complexity index is 804. The van der Waals surface area contributed by atoms with Crippen LogP contribution in [-0.4, -0.2) is 95.6 Å². The molecule has 10 heteroatoms. The predicted molar refractivity (Wildman–Crippen MR) is 172 cm³/mol. The summed E-state index contributed by atoms with van der Waals surface area (Å²) in [6, 6.07) is 3.33. The Morgan fingerprint density at radius 1 is 0.886 bits per heavy atom. The lowest BCUT2D eigenvalue weighted by molar-refractivity contribution is -0.107. The molecule has 3 fully saturated rings. The highest BCUT2D eigenvalue weighted by Crippen LogP contribution is 2.20. The van der Waals surface area contributed by atoms with E-state index in [4.69, 9.17) is 34.3 Å². The van der Waals surface area contributed by atoms with E-state index in [0.29, 0.717) is 37.2 Å². The van der Waals surface area contributed by atoms with E-state index in [-0.39, 0.29) is 37.0 Å². The largest absolute Gasteiger partial charge is 0.459 e. The Balaban J connectivity index is 0.000000584. The first-order valence-corrected chi connectivity index (χ1v) is 16.2. The number of carbonyl (C=O) groups excluding carboxylic acids is 2. The number of nitrogens with zero attached hydrogens (tertiary/aromatic N) is 1. The summed E-state index contributed by atoms with van der Waals surface area (Å²) in [7, 11) is 0. The molecular weight excluding hydrogens is 566 g/mol. The van der Waals surface area contributed by atoms with Crippen molar-refractivity contribution in [2.24, 2.45) is 0 Å². The zero-order chi connectivity index (χ0) is 33.0. The van der Waals surface area contributed by atoms with E-state index in [1.807, 2.05) is 6.92 Å². The van der Waals surface area contributed by atoms with E-state index in [1.54, 1.807) is 30.6 Å². The predicted octanol–water partition coefficient (Wildman–Crippen LogP) is 5.22. The van der Waals surface area contributed by atoms with Crippen LogP contribution in [-0.2, 0) is 23.7 Å². The minimum Gasteiger partial charge on any atom is -0.459 e. The maximum absolute atomic E-state index is 11.8. The van der Waals surface area contributed by atoms with Gasteiger partial charge in [0.25, 0.3) is 0 Å². The highest BCUT2D eigenvalue weighted by molar-refractivity contribution is 5.89. The van der Waals surface area contributed by atoms with E-state index in [1.165, 1.54) is 0 Å². The summed E-state index contributed by atoms with van der Waals surface area (Å²) in [4.78, 5) is 24.9. The van der Waals surface area contributed by atoms with Crippen molar-refractivity contribution in [1.29, 1.82) is 0 Å². The highest BCUT2D eigenvalue weighted by Gasteiger charge is 2.25. The number of ether oxygens (including phenoxy) is 4. The molecule has 1 aromatic heterocycles. The number of esters is 1. The molecule has 1 aromatic rings. The summed E-state index contributed by atoms with van der Waals surface area (Å²) in [5.41, 5.74) is 0.555. The zero-order valence-corrected chi connectivity index (χ0v) is 27.5. The molecule has 0 aliphatic carbocycles. The van der Waals surface area contributed by atoms with Gasteiger partial charge in [-0.15, -0.1) is 6.58 Å². The third-order valence-electron chi connectivity index (χ3n) is 7.05. The van der Waals surface area contributed by atoms with Gasteiger partial charge in [0, 0.05) is 51.5 Å². The summed E-state index contributed by atoms with van der Waals surface area (Å²) >= 11 is 0. The molecule has 3 aliphatic heterocycles. The molecule has 0 amide bonds. The second-order valence-corrected chi connectivity index (χ2v) is 10.7. The molecule has 0 unspecified atom stereocenters. The molecule has 0 radical (unpaired) electrons. The average Bonchev–Trinajstić information content (AvgIpc) is 3.06. The minimum absolute atomic E-state index is 0.0191. The Hall–Kier alpha value is -2.21. The van der Waals surface area contributed by atoms with Crippen LogP contribution in [0, 0.1) is 0 Å². The fraction of sp³-hybridized carbons (Fsp3) is 0.735. The third kappa shape index (κ3) is 21.5. The molecule has 0 aromatic carbocycles. The SMILES string of the molecule is C=CCCO.CCC=O.CC[C@H]1C[C@@H](O)CCO1.CC[C@H]1C[C@H](O)CCO1.CC[C@H]1C[C@H](OC(=O)c2ccncc2)CCO1.